The van der Waals surface area contributed by atoms with Gasteiger partial charge in [0.1, 0.15) is 0 Å². The fourth-order valence-corrected chi connectivity index (χ4v) is 2.76. The molecule has 1 unspecified atom stereocenters. The van der Waals surface area contributed by atoms with Crippen LogP contribution in [0.4, 0.5) is 0 Å². The first-order valence-electron chi connectivity index (χ1n) is 6.51. The molecule has 1 aliphatic rings. The van der Waals surface area contributed by atoms with E-state index in [2.05, 4.69) is 71.0 Å². The minimum atomic E-state index is 0.202. The van der Waals surface area contributed by atoms with Crippen LogP contribution in [0.2, 0.25) is 0 Å². The average Bonchev–Trinajstić information content (AvgIpc) is 2.90. The number of para-hydroxylation sites is 1. The molecule has 2 N–H and O–H groups in total. The van der Waals surface area contributed by atoms with Crippen LogP contribution in [0.3, 0.4) is 0 Å². The highest BCUT2D eigenvalue weighted by Crippen LogP contribution is 2.30. The van der Waals surface area contributed by atoms with E-state index in [1.165, 1.54) is 27.7 Å². The highest BCUT2D eigenvalue weighted by molar-refractivity contribution is 5.80. The molecular weight excluding hydrogens is 232 g/mol. The van der Waals surface area contributed by atoms with Crippen LogP contribution in [0.25, 0.3) is 17.0 Å². The molecule has 1 atom stereocenters. The Bertz CT molecular complexity index is 735. The second kappa shape index (κ2) is 4.02. The van der Waals surface area contributed by atoms with Crippen molar-refractivity contribution in [2.75, 3.05) is 0 Å². The molecule has 2 aromatic carbocycles. The van der Waals surface area contributed by atoms with Crippen molar-refractivity contribution < 1.29 is 0 Å². The smallest absolute Gasteiger partial charge is 0.0919 e. The lowest BCUT2D eigenvalue weighted by atomic mass is 9.96. The summed E-state index contributed by atoms with van der Waals surface area (Å²) in [6.45, 7) is 0. The standard InChI is InChI=1S/C17H14N2/c1-3-7-14-12(5-1)9-10-18-17(14)16-11-13-6-2-4-8-15(13)19-16/h1-11,17-19H. The van der Waals surface area contributed by atoms with E-state index in [0.29, 0.717) is 0 Å². The molecule has 0 aliphatic carbocycles. The Kier molecular flexibility index (Phi) is 2.21. The number of aromatic amines is 1. The molecule has 2 nitrogen and oxygen atoms in total. The largest absolute Gasteiger partial charge is 0.379 e. The Labute approximate surface area is 111 Å². The highest BCUT2D eigenvalue weighted by atomic mass is 14.9. The summed E-state index contributed by atoms with van der Waals surface area (Å²) in [4.78, 5) is 3.51. The maximum absolute atomic E-state index is 3.51. The third kappa shape index (κ3) is 1.65. The van der Waals surface area contributed by atoms with E-state index < -0.39 is 0 Å². The van der Waals surface area contributed by atoms with Crippen molar-refractivity contribution in [2.24, 2.45) is 0 Å². The monoisotopic (exact) mass is 246 g/mol. The van der Waals surface area contributed by atoms with Crippen molar-refractivity contribution in [1.82, 2.24) is 10.3 Å². The van der Waals surface area contributed by atoms with Crippen LogP contribution < -0.4 is 5.32 Å². The number of hydrogen-bond donors (Lipinski definition) is 2. The van der Waals surface area contributed by atoms with Crippen LogP contribution in [0, 0.1) is 0 Å². The number of H-pyrrole nitrogens is 1. The van der Waals surface area contributed by atoms with Gasteiger partial charge in [-0.15, -0.1) is 0 Å². The van der Waals surface area contributed by atoms with Crippen molar-refractivity contribution in [2.45, 2.75) is 6.04 Å². The van der Waals surface area contributed by atoms with Gasteiger partial charge in [0, 0.05) is 11.2 Å². The van der Waals surface area contributed by atoms with Gasteiger partial charge >= 0.3 is 0 Å². The Balaban J connectivity index is 1.86. The van der Waals surface area contributed by atoms with Gasteiger partial charge in [-0.05, 0) is 40.9 Å². The predicted octanol–water partition coefficient (Wildman–Crippen LogP) is 3.83. The number of nitrogens with one attached hydrogen (secondary N) is 2. The van der Waals surface area contributed by atoms with Crippen molar-refractivity contribution in [3.63, 3.8) is 0 Å². The fourth-order valence-electron chi connectivity index (χ4n) is 2.76. The molecule has 3 aromatic rings. The molecule has 4 rings (SSSR count). The van der Waals surface area contributed by atoms with Gasteiger partial charge in [0.05, 0.1) is 6.04 Å². The highest BCUT2D eigenvalue weighted by Gasteiger charge is 2.19. The van der Waals surface area contributed by atoms with Crippen LogP contribution in [0.5, 0.6) is 0 Å². The molecule has 1 aromatic heterocycles. The zero-order valence-electron chi connectivity index (χ0n) is 10.4. The van der Waals surface area contributed by atoms with Crippen molar-refractivity contribution in [3.05, 3.63) is 77.6 Å². The lowest BCUT2D eigenvalue weighted by molar-refractivity contribution is 0.704. The summed E-state index contributed by atoms with van der Waals surface area (Å²) in [7, 11) is 0. The molecule has 0 spiro atoms. The summed E-state index contributed by atoms with van der Waals surface area (Å²) in [5.41, 5.74) is 4.99. The van der Waals surface area contributed by atoms with Gasteiger partial charge in [-0.25, -0.2) is 0 Å². The van der Waals surface area contributed by atoms with E-state index in [-0.39, 0.29) is 6.04 Å². The Morgan fingerprint density at radius 3 is 2.68 bits per heavy atom. The second-order valence-corrected chi connectivity index (χ2v) is 4.87. The quantitative estimate of drug-likeness (QED) is 0.671. The average molecular weight is 246 g/mol. The number of hydrogen-bond acceptors (Lipinski definition) is 1. The topological polar surface area (TPSA) is 27.8 Å². The normalized spacial score (nSPS) is 17.2. The van der Waals surface area contributed by atoms with Crippen LogP contribution >= 0.6 is 0 Å². The molecule has 1 aliphatic heterocycles. The molecule has 19 heavy (non-hydrogen) atoms. The summed E-state index contributed by atoms with van der Waals surface area (Å²) >= 11 is 0. The van der Waals surface area contributed by atoms with E-state index in [4.69, 9.17) is 0 Å². The molecule has 0 amide bonds. The maximum Gasteiger partial charge on any atom is 0.0919 e. The van der Waals surface area contributed by atoms with E-state index in [1.54, 1.807) is 0 Å². The first-order valence-corrected chi connectivity index (χ1v) is 6.51. The van der Waals surface area contributed by atoms with Gasteiger partial charge in [0.25, 0.3) is 0 Å². The molecule has 2 heteroatoms. The summed E-state index contributed by atoms with van der Waals surface area (Å²) < 4.78 is 0. The van der Waals surface area contributed by atoms with Gasteiger partial charge in [0.15, 0.2) is 0 Å². The molecule has 92 valence electrons. The van der Waals surface area contributed by atoms with Gasteiger partial charge in [-0.3, -0.25) is 0 Å². The van der Waals surface area contributed by atoms with Gasteiger partial charge in [-0.2, -0.15) is 0 Å². The minimum absolute atomic E-state index is 0.202. The predicted molar refractivity (Wildman–Crippen MR) is 78.8 cm³/mol. The molecule has 0 saturated heterocycles. The molecule has 2 heterocycles. The zero-order chi connectivity index (χ0) is 12.7. The van der Waals surface area contributed by atoms with Crippen LogP contribution in [0.1, 0.15) is 22.9 Å². The zero-order valence-corrected chi connectivity index (χ0v) is 10.4. The molecule has 0 radical (unpaired) electrons. The molecular formula is C17H14N2. The maximum atomic E-state index is 3.51. The van der Waals surface area contributed by atoms with E-state index >= 15 is 0 Å². The number of fused-ring (bicyclic) bond motifs is 2. The van der Waals surface area contributed by atoms with E-state index in [0.717, 1.165) is 0 Å². The Morgan fingerprint density at radius 2 is 1.74 bits per heavy atom. The fraction of sp³-hybridized carbons (Fsp3) is 0.0588. The minimum Gasteiger partial charge on any atom is -0.379 e. The van der Waals surface area contributed by atoms with Gasteiger partial charge < -0.3 is 10.3 Å². The summed E-state index contributed by atoms with van der Waals surface area (Å²) in [5.74, 6) is 0. The SMILES string of the molecule is C1=Cc2ccccc2C(c2cc3ccccc3[nH]2)N1. The first-order chi connectivity index (χ1) is 9.42. The van der Waals surface area contributed by atoms with Gasteiger partial charge in [-0.1, -0.05) is 42.5 Å². The van der Waals surface area contributed by atoms with Crippen LogP contribution in [0.15, 0.2) is 60.8 Å². The number of benzene rings is 2. The van der Waals surface area contributed by atoms with E-state index in [1.807, 2.05) is 6.20 Å². The third-order valence-corrected chi connectivity index (χ3v) is 3.69. The van der Waals surface area contributed by atoms with Crippen molar-refractivity contribution in [1.29, 1.82) is 0 Å². The number of aromatic nitrogens is 1. The Morgan fingerprint density at radius 1 is 0.895 bits per heavy atom. The molecule has 0 bridgehead atoms. The summed E-state index contributed by atoms with van der Waals surface area (Å²) in [5, 5.41) is 4.70. The van der Waals surface area contributed by atoms with Gasteiger partial charge in [0.2, 0.25) is 0 Å². The van der Waals surface area contributed by atoms with Crippen LogP contribution in [-0.2, 0) is 0 Å². The molecule has 0 saturated carbocycles. The first kappa shape index (κ1) is 10.4. The second-order valence-electron chi connectivity index (χ2n) is 4.87. The lowest BCUT2D eigenvalue weighted by Gasteiger charge is -2.22. The van der Waals surface area contributed by atoms with Crippen LogP contribution in [-0.4, -0.2) is 4.98 Å². The third-order valence-electron chi connectivity index (χ3n) is 3.69. The summed E-state index contributed by atoms with van der Waals surface area (Å²) in [6.07, 6.45) is 4.15. The summed E-state index contributed by atoms with van der Waals surface area (Å²) in [6, 6.07) is 19.3. The van der Waals surface area contributed by atoms with Crippen molar-refractivity contribution >= 4 is 17.0 Å². The molecule has 0 fully saturated rings. The Hall–Kier alpha value is -2.48. The van der Waals surface area contributed by atoms with Crippen molar-refractivity contribution in [3.8, 4) is 0 Å². The number of rotatable bonds is 1. The lowest BCUT2D eigenvalue weighted by Crippen LogP contribution is -2.20. The van der Waals surface area contributed by atoms with E-state index in [9.17, 15) is 0 Å².